The minimum Gasteiger partial charge on any atom is -0.463 e. The first kappa shape index (κ1) is 15.6. The van der Waals surface area contributed by atoms with Crippen LogP contribution in [0.4, 0.5) is 0 Å². The summed E-state index contributed by atoms with van der Waals surface area (Å²) < 4.78 is 5.99. The van der Waals surface area contributed by atoms with Gasteiger partial charge in [0.1, 0.15) is 5.69 Å². The van der Waals surface area contributed by atoms with Gasteiger partial charge in [-0.15, -0.1) is 17.9 Å². The molecule has 0 spiro atoms. The van der Waals surface area contributed by atoms with E-state index in [4.69, 9.17) is 16.0 Å². The first-order chi connectivity index (χ1) is 11.2. The summed E-state index contributed by atoms with van der Waals surface area (Å²) in [6.07, 6.45) is 3.26. The quantitative estimate of drug-likeness (QED) is 0.679. The van der Waals surface area contributed by atoms with Crippen LogP contribution in [0.25, 0.3) is 11.5 Å². The van der Waals surface area contributed by atoms with Crippen LogP contribution < -0.4 is 0 Å². The van der Waals surface area contributed by atoms with Crippen molar-refractivity contribution in [3.63, 3.8) is 0 Å². The van der Waals surface area contributed by atoms with E-state index < -0.39 is 0 Å². The van der Waals surface area contributed by atoms with Crippen LogP contribution in [-0.4, -0.2) is 27.5 Å². The van der Waals surface area contributed by atoms with Gasteiger partial charge in [0.05, 0.1) is 17.1 Å². The monoisotopic (exact) mass is 347 g/mol. The van der Waals surface area contributed by atoms with Gasteiger partial charge >= 0.3 is 0 Å². The molecule has 0 aliphatic carbocycles. The Labute approximate surface area is 142 Å². The minimum atomic E-state index is -0.177. The summed E-state index contributed by atoms with van der Waals surface area (Å²) in [5.74, 6) is 0.459. The van der Waals surface area contributed by atoms with E-state index in [0.29, 0.717) is 34.6 Å². The lowest BCUT2D eigenvalue weighted by atomic mass is 10.2. The molecule has 0 fully saturated rings. The first-order valence-electron chi connectivity index (χ1n) is 6.91. The van der Waals surface area contributed by atoms with Crippen molar-refractivity contribution >= 4 is 28.8 Å². The number of nitrogens with one attached hydrogen (secondary N) is 1. The number of furan rings is 1. The van der Waals surface area contributed by atoms with Gasteiger partial charge in [-0.25, -0.2) is 0 Å². The lowest BCUT2D eigenvalue weighted by Crippen LogP contribution is -2.30. The van der Waals surface area contributed by atoms with Gasteiger partial charge in [-0.05, 0) is 24.3 Å². The summed E-state index contributed by atoms with van der Waals surface area (Å²) in [5, 5.41) is 6.91. The molecule has 1 amide bonds. The zero-order valence-electron chi connectivity index (χ0n) is 12.2. The number of aromatic nitrogens is 2. The average Bonchev–Trinajstić information content (AvgIpc) is 3.27. The Kier molecular flexibility index (Phi) is 4.64. The molecule has 3 heterocycles. The van der Waals surface area contributed by atoms with Crippen LogP contribution in [0, 0.1) is 0 Å². The highest BCUT2D eigenvalue weighted by Gasteiger charge is 2.19. The Morgan fingerprint density at radius 2 is 2.35 bits per heavy atom. The van der Waals surface area contributed by atoms with Crippen LogP contribution >= 0.6 is 22.9 Å². The van der Waals surface area contributed by atoms with Crippen molar-refractivity contribution in [1.29, 1.82) is 0 Å². The molecule has 0 radical (unpaired) electrons. The molecule has 118 valence electrons. The van der Waals surface area contributed by atoms with Gasteiger partial charge in [-0.1, -0.05) is 17.7 Å². The molecule has 1 N–H and O–H groups in total. The van der Waals surface area contributed by atoms with Crippen molar-refractivity contribution < 1.29 is 9.21 Å². The highest BCUT2D eigenvalue weighted by molar-refractivity contribution is 7.16. The van der Waals surface area contributed by atoms with Gasteiger partial charge < -0.3 is 9.32 Å². The van der Waals surface area contributed by atoms with Crippen molar-refractivity contribution in [3.05, 3.63) is 64.2 Å². The molecular weight excluding hydrogens is 334 g/mol. The number of carbonyl (C=O) groups is 1. The number of H-pyrrole nitrogens is 1. The van der Waals surface area contributed by atoms with E-state index >= 15 is 0 Å². The van der Waals surface area contributed by atoms with E-state index in [9.17, 15) is 4.79 Å². The van der Waals surface area contributed by atoms with Gasteiger partial charge in [-0.3, -0.25) is 9.89 Å². The third kappa shape index (κ3) is 3.55. The molecule has 23 heavy (non-hydrogen) atoms. The molecule has 0 aliphatic rings. The molecule has 0 unspecified atom stereocenters. The van der Waals surface area contributed by atoms with E-state index in [-0.39, 0.29) is 5.91 Å². The zero-order valence-corrected chi connectivity index (χ0v) is 13.7. The highest BCUT2D eigenvalue weighted by Crippen LogP contribution is 2.24. The molecule has 3 aromatic rings. The summed E-state index contributed by atoms with van der Waals surface area (Å²) in [4.78, 5) is 15.3. The van der Waals surface area contributed by atoms with E-state index in [1.54, 1.807) is 35.4 Å². The maximum absolute atomic E-state index is 12.7. The average molecular weight is 348 g/mol. The second-order valence-corrected chi connectivity index (χ2v) is 6.62. The first-order valence-corrected chi connectivity index (χ1v) is 8.10. The number of halogens is 1. The standard InChI is InChI=1S/C16H14ClN3O2S/c1-2-7-20(10-11-5-6-15(17)23-11)16(21)13-9-12(18-19-13)14-4-3-8-22-14/h2-6,8-9H,1,7,10H2,(H,18,19). The SMILES string of the molecule is C=CCN(Cc1ccc(Cl)s1)C(=O)c1cc(-c2ccco2)[nH]n1. The third-order valence-electron chi connectivity index (χ3n) is 3.20. The molecule has 5 nitrogen and oxygen atoms in total. The highest BCUT2D eigenvalue weighted by atomic mass is 35.5. The summed E-state index contributed by atoms with van der Waals surface area (Å²) in [7, 11) is 0. The smallest absolute Gasteiger partial charge is 0.274 e. The van der Waals surface area contributed by atoms with Gasteiger partial charge in [0, 0.05) is 17.5 Å². The number of aromatic amines is 1. The predicted octanol–water partition coefficient (Wildman–Crippen LogP) is 4.21. The van der Waals surface area contributed by atoms with Crippen LogP contribution in [0.5, 0.6) is 0 Å². The number of rotatable bonds is 6. The van der Waals surface area contributed by atoms with Crippen LogP contribution in [-0.2, 0) is 6.54 Å². The number of thiophene rings is 1. The van der Waals surface area contributed by atoms with Crippen molar-refractivity contribution in [2.45, 2.75) is 6.54 Å². The fourth-order valence-corrected chi connectivity index (χ4v) is 3.25. The van der Waals surface area contributed by atoms with Gasteiger partial charge in [-0.2, -0.15) is 5.10 Å². The summed E-state index contributed by atoms with van der Waals surface area (Å²) in [6, 6.07) is 8.99. The third-order valence-corrected chi connectivity index (χ3v) is 4.41. The topological polar surface area (TPSA) is 62.1 Å². The van der Waals surface area contributed by atoms with Gasteiger partial charge in [0.15, 0.2) is 11.5 Å². The molecule has 0 aliphatic heterocycles. The molecule has 0 bridgehead atoms. The normalized spacial score (nSPS) is 10.7. The molecule has 7 heteroatoms. The van der Waals surface area contributed by atoms with Crippen molar-refractivity contribution in [2.75, 3.05) is 6.54 Å². The molecule has 0 saturated carbocycles. The maximum Gasteiger partial charge on any atom is 0.274 e. The van der Waals surface area contributed by atoms with Crippen molar-refractivity contribution in [3.8, 4) is 11.5 Å². The maximum atomic E-state index is 12.7. The van der Waals surface area contributed by atoms with Gasteiger partial charge in [0.25, 0.3) is 5.91 Å². The minimum absolute atomic E-state index is 0.177. The summed E-state index contributed by atoms with van der Waals surface area (Å²) in [6.45, 7) is 4.60. The van der Waals surface area contributed by atoms with Crippen LogP contribution in [0.15, 0.2) is 53.7 Å². The second kappa shape index (κ2) is 6.85. The van der Waals surface area contributed by atoms with Gasteiger partial charge in [0.2, 0.25) is 0 Å². The number of amides is 1. The Morgan fingerprint density at radius 1 is 1.48 bits per heavy atom. The van der Waals surface area contributed by atoms with Crippen LogP contribution in [0.1, 0.15) is 15.4 Å². The van der Waals surface area contributed by atoms with E-state index in [2.05, 4.69) is 16.8 Å². The van der Waals surface area contributed by atoms with E-state index in [1.807, 2.05) is 12.1 Å². The van der Waals surface area contributed by atoms with E-state index in [1.165, 1.54) is 11.3 Å². The Morgan fingerprint density at radius 3 is 3.00 bits per heavy atom. The largest absolute Gasteiger partial charge is 0.463 e. The van der Waals surface area contributed by atoms with Crippen molar-refractivity contribution in [2.24, 2.45) is 0 Å². The molecule has 0 atom stereocenters. The second-order valence-electron chi connectivity index (χ2n) is 4.82. The van der Waals surface area contributed by atoms with Crippen LogP contribution in [0.3, 0.4) is 0 Å². The number of nitrogens with zero attached hydrogens (tertiary/aromatic N) is 2. The lowest BCUT2D eigenvalue weighted by molar-refractivity contribution is 0.0758. The fourth-order valence-electron chi connectivity index (χ4n) is 2.15. The van der Waals surface area contributed by atoms with Crippen molar-refractivity contribution in [1.82, 2.24) is 15.1 Å². The zero-order chi connectivity index (χ0) is 16.2. The predicted molar refractivity (Wildman–Crippen MR) is 90.6 cm³/mol. The molecule has 0 saturated heterocycles. The molecule has 3 rings (SSSR count). The molecule has 0 aromatic carbocycles. The lowest BCUT2D eigenvalue weighted by Gasteiger charge is -2.19. The summed E-state index contributed by atoms with van der Waals surface area (Å²) >= 11 is 7.40. The molecule has 3 aromatic heterocycles. The number of hydrogen-bond donors (Lipinski definition) is 1. The Bertz CT molecular complexity index is 807. The van der Waals surface area contributed by atoms with Crippen LogP contribution in [0.2, 0.25) is 4.34 Å². The number of carbonyl (C=O) groups excluding carboxylic acids is 1. The molecular formula is C16H14ClN3O2S. The summed E-state index contributed by atoms with van der Waals surface area (Å²) in [5.41, 5.74) is 0.997. The Hall–Kier alpha value is -2.31. The number of hydrogen-bond acceptors (Lipinski definition) is 4. The fraction of sp³-hybridized carbons (Fsp3) is 0.125. The Balaban J connectivity index is 1.79. The van der Waals surface area contributed by atoms with E-state index in [0.717, 1.165) is 4.88 Å².